The molecule has 0 radical (unpaired) electrons. The number of carbonyl (C=O) groups is 2. The number of carboxylic acids is 1. The summed E-state index contributed by atoms with van der Waals surface area (Å²) < 4.78 is 5.12. The molecule has 1 aliphatic carbocycles. The molecule has 0 unspecified atom stereocenters. The zero-order chi connectivity index (χ0) is 16.4. The van der Waals surface area contributed by atoms with E-state index in [1.807, 2.05) is 24.3 Å². The van der Waals surface area contributed by atoms with E-state index >= 15 is 0 Å². The van der Waals surface area contributed by atoms with E-state index in [9.17, 15) is 14.7 Å². The summed E-state index contributed by atoms with van der Waals surface area (Å²) in [6.45, 7) is 0.987. The zero-order valence-electron chi connectivity index (χ0n) is 13.4. The number of amides is 1. The van der Waals surface area contributed by atoms with Gasteiger partial charge in [0.2, 0.25) is 5.91 Å². The lowest BCUT2D eigenvalue weighted by atomic mass is 9.92. The molecule has 1 aromatic carbocycles. The van der Waals surface area contributed by atoms with Crippen molar-refractivity contribution in [2.75, 3.05) is 20.2 Å². The highest BCUT2D eigenvalue weighted by molar-refractivity contribution is 5.79. The van der Waals surface area contributed by atoms with E-state index < -0.39 is 5.97 Å². The Balaban J connectivity index is 1.54. The molecule has 1 saturated carbocycles. The maximum absolute atomic E-state index is 12.4. The summed E-state index contributed by atoms with van der Waals surface area (Å²) in [7, 11) is 1.63. The molecule has 1 amide bonds. The third-order valence-electron chi connectivity index (χ3n) is 5.05. The van der Waals surface area contributed by atoms with Crippen molar-refractivity contribution in [1.82, 2.24) is 4.90 Å². The van der Waals surface area contributed by atoms with Gasteiger partial charge in [-0.2, -0.15) is 0 Å². The quantitative estimate of drug-likeness (QED) is 0.873. The molecular formula is C18H23NO4. The van der Waals surface area contributed by atoms with Crippen LogP contribution in [0, 0.1) is 17.8 Å². The van der Waals surface area contributed by atoms with Crippen molar-refractivity contribution in [1.29, 1.82) is 0 Å². The number of likely N-dealkylation sites (tertiary alicyclic amines) is 1. The number of aliphatic carboxylic acids is 1. The van der Waals surface area contributed by atoms with Gasteiger partial charge in [-0.1, -0.05) is 12.1 Å². The van der Waals surface area contributed by atoms with Crippen LogP contribution >= 0.6 is 0 Å². The topological polar surface area (TPSA) is 66.8 Å². The van der Waals surface area contributed by atoms with Gasteiger partial charge in [-0.05, 0) is 48.8 Å². The molecule has 1 aliphatic heterocycles. The van der Waals surface area contributed by atoms with Crippen molar-refractivity contribution in [3.8, 4) is 5.75 Å². The van der Waals surface area contributed by atoms with Crippen LogP contribution in [0.25, 0.3) is 0 Å². The third kappa shape index (κ3) is 3.66. The first kappa shape index (κ1) is 15.8. The van der Waals surface area contributed by atoms with Crippen molar-refractivity contribution in [3.63, 3.8) is 0 Å². The van der Waals surface area contributed by atoms with Gasteiger partial charge in [0, 0.05) is 19.5 Å². The summed E-state index contributed by atoms with van der Waals surface area (Å²) in [5.74, 6) is 0.388. The Morgan fingerprint density at radius 3 is 2.48 bits per heavy atom. The molecule has 0 bridgehead atoms. The molecule has 0 spiro atoms. The first-order valence-electron chi connectivity index (χ1n) is 8.22. The van der Waals surface area contributed by atoms with Crippen LogP contribution in [0.15, 0.2) is 24.3 Å². The minimum atomic E-state index is -0.757. The molecule has 23 heavy (non-hydrogen) atoms. The molecule has 1 aromatic rings. The predicted octanol–water partition coefficient (Wildman–Crippen LogP) is 2.20. The van der Waals surface area contributed by atoms with Gasteiger partial charge in [-0.15, -0.1) is 0 Å². The van der Waals surface area contributed by atoms with Crippen LogP contribution in [0.1, 0.15) is 24.8 Å². The summed E-state index contributed by atoms with van der Waals surface area (Å²) in [5.41, 5.74) is 1.09. The fourth-order valence-corrected chi connectivity index (χ4v) is 3.50. The number of rotatable bonds is 6. The number of benzene rings is 1. The molecular weight excluding hydrogens is 294 g/mol. The summed E-state index contributed by atoms with van der Waals surface area (Å²) in [6, 6.07) is 7.70. The Morgan fingerprint density at radius 2 is 1.91 bits per heavy atom. The Bertz CT molecular complexity index is 579. The smallest absolute Gasteiger partial charge is 0.308 e. The molecule has 2 atom stereocenters. The van der Waals surface area contributed by atoms with Crippen LogP contribution in [-0.4, -0.2) is 42.1 Å². The monoisotopic (exact) mass is 317 g/mol. The lowest BCUT2D eigenvalue weighted by molar-refractivity contribution is -0.142. The average Bonchev–Trinajstić information content (AvgIpc) is 3.31. The maximum Gasteiger partial charge on any atom is 0.308 e. The van der Waals surface area contributed by atoms with E-state index in [-0.39, 0.29) is 17.7 Å². The van der Waals surface area contributed by atoms with Gasteiger partial charge in [-0.3, -0.25) is 9.59 Å². The van der Waals surface area contributed by atoms with Gasteiger partial charge < -0.3 is 14.7 Å². The highest BCUT2D eigenvalue weighted by atomic mass is 16.5. The number of hydrogen-bond acceptors (Lipinski definition) is 3. The Kier molecular flexibility index (Phi) is 4.55. The first-order valence-corrected chi connectivity index (χ1v) is 8.22. The number of hydrogen-bond donors (Lipinski definition) is 1. The standard InChI is InChI=1S/C18H23NO4/c1-23-14-7-2-12(3-8-14)4-9-17(20)19-10-15(13-5-6-13)16(11-19)18(21)22/h2-3,7-8,13,15-16H,4-6,9-11H2,1H3,(H,21,22)/t15-,16+/m1/s1. The molecule has 124 valence electrons. The largest absolute Gasteiger partial charge is 0.497 e. The van der Waals surface area contributed by atoms with Gasteiger partial charge in [0.25, 0.3) is 0 Å². The maximum atomic E-state index is 12.4. The Hall–Kier alpha value is -2.04. The predicted molar refractivity (Wildman–Crippen MR) is 85.2 cm³/mol. The fourth-order valence-electron chi connectivity index (χ4n) is 3.50. The lowest BCUT2D eigenvalue weighted by Crippen LogP contribution is -2.30. The van der Waals surface area contributed by atoms with Crippen molar-refractivity contribution in [2.24, 2.45) is 17.8 Å². The number of methoxy groups -OCH3 is 1. The van der Waals surface area contributed by atoms with Crippen LogP contribution in [0.2, 0.25) is 0 Å². The third-order valence-corrected chi connectivity index (χ3v) is 5.05. The molecule has 2 fully saturated rings. The van der Waals surface area contributed by atoms with E-state index in [1.54, 1.807) is 12.0 Å². The van der Waals surface area contributed by atoms with Crippen molar-refractivity contribution in [3.05, 3.63) is 29.8 Å². The second-order valence-corrected chi connectivity index (χ2v) is 6.59. The number of carbonyl (C=O) groups excluding carboxylic acids is 1. The van der Waals surface area contributed by atoms with Crippen LogP contribution < -0.4 is 4.74 Å². The second kappa shape index (κ2) is 6.60. The lowest BCUT2D eigenvalue weighted by Gasteiger charge is -2.16. The van der Waals surface area contributed by atoms with Crippen LogP contribution in [0.3, 0.4) is 0 Å². The number of nitrogens with zero attached hydrogens (tertiary/aromatic N) is 1. The molecule has 1 heterocycles. The molecule has 5 heteroatoms. The molecule has 2 aliphatic rings. The molecule has 5 nitrogen and oxygen atoms in total. The number of carboxylic acid groups (broad SMARTS) is 1. The first-order chi connectivity index (χ1) is 11.1. The second-order valence-electron chi connectivity index (χ2n) is 6.59. The van der Waals surface area contributed by atoms with Crippen molar-refractivity contribution >= 4 is 11.9 Å². The van der Waals surface area contributed by atoms with E-state index in [4.69, 9.17) is 4.74 Å². The molecule has 0 aromatic heterocycles. The molecule has 1 saturated heterocycles. The zero-order valence-corrected chi connectivity index (χ0v) is 13.4. The average molecular weight is 317 g/mol. The van der Waals surface area contributed by atoms with Gasteiger partial charge >= 0.3 is 5.97 Å². The molecule has 3 rings (SSSR count). The van der Waals surface area contributed by atoms with Gasteiger partial charge in [0.1, 0.15) is 5.75 Å². The number of ether oxygens (including phenoxy) is 1. The summed E-state index contributed by atoms with van der Waals surface area (Å²) in [5, 5.41) is 9.37. The number of aryl methyl sites for hydroxylation is 1. The minimum Gasteiger partial charge on any atom is -0.497 e. The van der Waals surface area contributed by atoms with E-state index in [0.717, 1.165) is 24.2 Å². The summed E-state index contributed by atoms with van der Waals surface area (Å²) >= 11 is 0. The highest BCUT2D eigenvalue weighted by Crippen LogP contribution is 2.44. The fraction of sp³-hybridized carbons (Fsp3) is 0.556. The van der Waals surface area contributed by atoms with E-state index in [2.05, 4.69) is 0 Å². The summed E-state index contributed by atoms with van der Waals surface area (Å²) in [4.78, 5) is 25.6. The van der Waals surface area contributed by atoms with Crippen LogP contribution in [-0.2, 0) is 16.0 Å². The Morgan fingerprint density at radius 1 is 1.22 bits per heavy atom. The van der Waals surface area contributed by atoms with Crippen molar-refractivity contribution < 1.29 is 19.4 Å². The van der Waals surface area contributed by atoms with E-state index in [0.29, 0.717) is 31.8 Å². The van der Waals surface area contributed by atoms with Gasteiger partial charge in [0.15, 0.2) is 0 Å². The highest BCUT2D eigenvalue weighted by Gasteiger charge is 2.46. The van der Waals surface area contributed by atoms with Gasteiger partial charge in [-0.25, -0.2) is 0 Å². The SMILES string of the molecule is COc1ccc(CCC(=O)N2C[C@H](C(=O)O)[C@@H](C3CC3)C2)cc1. The molecule has 1 N–H and O–H groups in total. The summed E-state index contributed by atoms with van der Waals surface area (Å²) in [6.07, 6.45) is 3.33. The van der Waals surface area contributed by atoms with Crippen LogP contribution in [0.4, 0.5) is 0 Å². The minimum absolute atomic E-state index is 0.0650. The normalized spacial score (nSPS) is 23.8. The van der Waals surface area contributed by atoms with E-state index in [1.165, 1.54) is 0 Å². The van der Waals surface area contributed by atoms with Gasteiger partial charge in [0.05, 0.1) is 13.0 Å². The Labute approximate surface area is 136 Å². The van der Waals surface area contributed by atoms with Crippen LogP contribution in [0.5, 0.6) is 5.75 Å². The van der Waals surface area contributed by atoms with Crippen molar-refractivity contribution in [2.45, 2.75) is 25.7 Å².